The molecule has 2 rings (SSSR count). The van der Waals surface area contributed by atoms with Gasteiger partial charge in [-0.15, -0.1) is 0 Å². The summed E-state index contributed by atoms with van der Waals surface area (Å²) in [7, 11) is 0. The molecule has 1 aliphatic rings. The van der Waals surface area contributed by atoms with Crippen LogP contribution in [0.2, 0.25) is 0 Å². The minimum Gasteiger partial charge on any atom is -0.484 e. The number of rotatable bonds is 12. The summed E-state index contributed by atoms with van der Waals surface area (Å²) >= 11 is 0. The summed E-state index contributed by atoms with van der Waals surface area (Å²) in [5.74, 6) is -0.887. The number of halogens is 1. The fourth-order valence-corrected chi connectivity index (χ4v) is 3.59. The van der Waals surface area contributed by atoms with Crippen LogP contribution in [0.1, 0.15) is 47.0 Å². The van der Waals surface area contributed by atoms with Crippen LogP contribution in [0.3, 0.4) is 0 Å². The average Bonchev–Trinajstić information content (AvgIpc) is 3.17. The SMILES string of the molecule is CC(C)C[C@H](NC(=O)OCC(C)(C)Oc1ccc(F)cc1)C(=O)N[C@H](C=O)C[C@@H]1CCNC1=O. The maximum Gasteiger partial charge on any atom is 0.407 e. The van der Waals surface area contributed by atoms with Gasteiger partial charge in [0.2, 0.25) is 11.8 Å². The van der Waals surface area contributed by atoms with E-state index in [-0.39, 0.29) is 30.8 Å². The Kier molecular flexibility index (Phi) is 9.83. The number of amides is 3. The van der Waals surface area contributed by atoms with Crippen molar-refractivity contribution in [2.24, 2.45) is 11.8 Å². The maximum atomic E-state index is 13.1. The number of nitrogens with one attached hydrogen (secondary N) is 3. The van der Waals surface area contributed by atoms with Gasteiger partial charge in [0.05, 0.1) is 6.04 Å². The van der Waals surface area contributed by atoms with Crippen molar-refractivity contribution >= 4 is 24.2 Å². The molecule has 0 unspecified atom stereocenters. The molecule has 1 heterocycles. The highest BCUT2D eigenvalue weighted by Crippen LogP contribution is 2.19. The van der Waals surface area contributed by atoms with Crippen LogP contribution in [0.4, 0.5) is 9.18 Å². The van der Waals surface area contributed by atoms with Crippen molar-refractivity contribution in [3.63, 3.8) is 0 Å². The van der Waals surface area contributed by atoms with E-state index in [1.165, 1.54) is 24.3 Å². The summed E-state index contributed by atoms with van der Waals surface area (Å²) in [4.78, 5) is 48.5. The summed E-state index contributed by atoms with van der Waals surface area (Å²) in [5.41, 5.74) is -0.907. The first-order valence-corrected chi connectivity index (χ1v) is 11.4. The molecule has 10 heteroatoms. The minimum atomic E-state index is -0.923. The summed E-state index contributed by atoms with van der Waals surface area (Å²) in [6, 6.07) is 3.71. The zero-order chi connectivity index (χ0) is 25.3. The van der Waals surface area contributed by atoms with Gasteiger partial charge in [-0.1, -0.05) is 13.8 Å². The Morgan fingerprint density at radius 2 is 1.91 bits per heavy atom. The van der Waals surface area contributed by atoms with Crippen molar-refractivity contribution in [3.8, 4) is 5.75 Å². The molecule has 0 aliphatic carbocycles. The molecule has 1 fully saturated rings. The molecule has 3 amide bonds. The molecule has 1 aromatic carbocycles. The van der Waals surface area contributed by atoms with E-state index in [0.29, 0.717) is 31.4 Å². The van der Waals surface area contributed by atoms with Gasteiger partial charge in [0.15, 0.2) is 0 Å². The third-order valence-electron chi connectivity index (χ3n) is 5.27. The van der Waals surface area contributed by atoms with Crippen LogP contribution in [-0.4, -0.2) is 55.0 Å². The third-order valence-corrected chi connectivity index (χ3v) is 5.27. The second-order valence-electron chi connectivity index (χ2n) is 9.48. The van der Waals surface area contributed by atoms with Gasteiger partial charge < -0.3 is 30.2 Å². The fraction of sp³-hybridized carbons (Fsp3) is 0.583. The number of carbonyl (C=O) groups is 4. The van der Waals surface area contributed by atoms with E-state index in [4.69, 9.17) is 9.47 Å². The highest BCUT2D eigenvalue weighted by Gasteiger charge is 2.30. The zero-order valence-electron chi connectivity index (χ0n) is 20.1. The standard InChI is InChI=1S/C24H34FN3O6/c1-15(2)11-20(22(31)27-18(13-29)12-16-9-10-26-21(16)30)28-23(32)33-14-24(3,4)34-19-7-5-17(25)6-8-19/h5-8,13,15-16,18,20H,9-12,14H2,1-4H3,(H,26,30)(H,27,31)(H,28,32)/t16-,18-,20-/m0/s1. The van der Waals surface area contributed by atoms with Gasteiger partial charge in [0.1, 0.15) is 36.1 Å². The summed E-state index contributed by atoms with van der Waals surface area (Å²) in [6.45, 7) is 7.62. The molecule has 3 N–H and O–H groups in total. The first-order valence-electron chi connectivity index (χ1n) is 11.4. The Hall–Kier alpha value is -3.17. The van der Waals surface area contributed by atoms with Gasteiger partial charge in [-0.05, 0) is 63.3 Å². The quantitative estimate of drug-likeness (QED) is 0.396. The monoisotopic (exact) mass is 479 g/mol. The van der Waals surface area contributed by atoms with E-state index in [1.54, 1.807) is 13.8 Å². The van der Waals surface area contributed by atoms with Gasteiger partial charge in [0.25, 0.3) is 0 Å². The highest BCUT2D eigenvalue weighted by molar-refractivity contribution is 5.88. The van der Waals surface area contributed by atoms with Crippen molar-refractivity contribution in [1.29, 1.82) is 0 Å². The van der Waals surface area contributed by atoms with Crippen molar-refractivity contribution < 1.29 is 33.0 Å². The van der Waals surface area contributed by atoms with Crippen LogP contribution in [0.15, 0.2) is 24.3 Å². The van der Waals surface area contributed by atoms with E-state index in [1.807, 2.05) is 13.8 Å². The Balaban J connectivity index is 1.91. The van der Waals surface area contributed by atoms with Crippen LogP contribution in [0, 0.1) is 17.7 Å². The smallest absolute Gasteiger partial charge is 0.407 e. The molecule has 0 radical (unpaired) electrons. The Bertz CT molecular complexity index is 859. The molecule has 0 spiro atoms. The number of carbonyl (C=O) groups excluding carboxylic acids is 4. The van der Waals surface area contributed by atoms with E-state index in [9.17, 15) is 23.6 Å². The van der Waals surface area contributed by atoms with E-state index < -0.39 is 35.5 Å². The van der Waals surface area contributed by atoms with E-state index >= 15 is 0 Å². The Morgan fingerprint density at radius 1 is 1.24 bits per heavy atom. The first kappa shape index (κ1) is 27.1. The third kappa shape index (κ3) is 8.99. The van der Waals surface area contributed by atoms with Crippen molar-refractivity contribution in [2.75, 3.05) is 13.2 Å². The molecule has 34 heavy (non-hydrogen) atoms. The average molecular weight is 480 g/mol. The van der Waals surface area contributed by atoms with Crippen LogP contribution in [0.25, 0.3) is 0 Å². The lowest BCUT2D eigenvalue weighted by Crippen LogP contribution is -2.51. The normalized spacial score (nSPS) is 17.5. The second-order valence-corrected chi connectivity index (χ2v) is 9.48. The molecule has 0 saturated carbocycles. The van der Waals surface area contributed by atoms with Crippen LogP contribution in [0.5, 0.6) is 5.75 Å². The van der Waals surface area contributed by atoms with Crippen molar-refractivity contribution in [3.05, 3.63) is 30.1 Å². The van der Waals surface area contributed by atoms with Crippen LogP contribution < -0.4 is 20.7 Å². The van der Waals surface area contributed by atoms with E-state index in [2.05, 4.69) is 16.0 Å². The molecule has 0 aromatic heterocycles. The Morgan fingerprint density at radius 3 is 2.47 bits per heavy atom. The lowest BCUT2D eigenvalue weighted by atomic mass is 9.98. The molecular formula is C24H34FN3O6. The van der Waals surface area contributed by atoms with Gasteiger partial charge in [-0.2, -0.15) is 0 Å². The van der Waals surface area contributed by atoms with Gasteiger partial charge in [-0.3, -0.25) is 9.59 Å². The molecule has 0 bridgehead atoms. The largest absolute Gasteiger partial charge is 0.484 e. The number of ether oxygens (including phenoxy) is 2. The van der Waals surface area contributed by atoms with Gasteiger partial charge >= 0.3 is 6.09 Å². The molecule has 188 valence electrons. The number of alkyl carbamates (subject to hydrolysis) is 1. The maximum absolute atomic E-state index is 13.1. The van der Waals surface area contributed by atoms with Gasteiger partial charge in [-0.25, -0.2) is 9.18 Å². The van der Waals surface area contributed by atoms with Crippen LogP contribution >= 0.6 is 0 Å². The zero-order valence-corrected chi connectivity index (χ0v) is 20.1. The predicted molar refractivity (Wildman–Crippen MR) is 123 cm³/mol. The molecule has 9 nitrogen and oxygen atoms in total. The first-order chi connectivity index (χ1) is 16.0. The molecule has 1 aromatic rings. The molecule has 3 atom stereocenters. The van der Waals surface area contributed by atoms with Crippen LogP contribution in [-0.2, 0) is 19.1 Å². The highest BCUT2D eigenvalue weighted by atomic mass is 19.1. The van der Waals surface area contributed by atoms with Gasteiger partial charge in [0, 0.05) is 12.5 Å². The number of aldehydes is 1. The minimum absolute atomic E-state index is 0.0737. The Labute approximate surface area is 199 Å². The van der Waals surface area contributed by atoms with E-state index in [0.717, 1.165) is 0 Å². The second kappa shape index (κ2) is 12.3. The lowest BCUT2D eigenvalue weighted by molar-refractivity contribution is -0.127. The molecule has 1 aliphatic heterocycles. The molecule has 1 saturated heterocycles. The topological polar surface area (TPSA) is 123 Å². The number of hydrogen-bond acceptors (Lipinski definition) is 6. The van der Waals surface area contributed by atoms with Crippen molar-refractivity contribution in [1.82, 2.24) is 16.0 Å². The summed E-state index contributed by atoms with van der Waals surface area (Å²) in [6.07, 6.45) is 0.924. The lowest BCUT2D eigenvalue weighted by Gasteiger charge is -2.27. The number of hydrogen-bond donors (Lipinski definition) is 3. The molecular weight excluding hydrogens is 445 g/mol. The fourth-order valence-electron chi connectivity index (χ4n) is 3.59. The van der Waals surface area contributed by atoms with Crippen molar-refractivity contribution in [2.45, 2.75) is 64.6 Å². The number of benzene rings is 1. The predicted octanol–water partition coefficient (Wildman–Crippen LogP) is 2.33. The summed E-state index contributed by atoms with van der Waals surface area (Å²) < 4.78 is 24.1. The summed E-state index contributed by atoms with van der Waals surface area (Å²) in [5, 5.41) is 7.88.